The number of halogens is 1. The Bertz CT molecular complexity index is 594. The number of H-pyrrole nitrogens is 1. The molecule has 1 fully saturated rings. The second-order valence-corrected chi connectivity index (χ2v) is 4.38. The van der Waals surface area contributed by atoms with Gasteiger partial charge in [-0.15, -0.1) is 12.4 Å². The van der Waals surface area contributed by atoms with Gasteiger partial charge in [-0.3, -0.25) is 10.1 Å². The quantitative estimate of drug-likeness (QED) is 0.588. The number of anilines is 1. The highest BCUT2D eigenvalue weighted by molar-refractivity contribution is 5.85. The van der Waals surface area contributed by atoms with Gasteiger partial charge in [-0.05, 0) is 19.0 Å². The van der Waals surface area contributed by atoms with Gasteiger partial charge < -0.3 is 15.6 Å². The standard InChI is InChI=1S/C11H13N5O2.ClH/c17-16(18)8-1-2-9-10(5-8)15-11(14-9)13-7-3-4-12-6-7;/h1-2,5,7,12H,3-4,6H2,(H2,13,14,15);1H. The number of hydrogen-bond donors (Lipinski definition) is 3. The first-order chi connectivity index (χ1) is 8.72. The minimum Gasteiger partial charge on any atom is -0.352 e. The van der Waals surface area contributed by atoms with Crippen LogP contribution < -0.4 is 10.6 Å². The summed E-state index contributed by atoms with van der Waals surface area (Å²) in [6.45, 7) is 1.92. The van der Waals surface area contributed by atoms with Crippen LogP contribution in [0.4, 0.5) is 11.6 Å². The van der Waals surface area contributed by atoms with E-state index >= 15 is 0 Å². The van der Waals surface area contributed by atoms with Gasteiger partial charge in [0.2, 0.25) is 5.95 Å². The van der Waals surface area contributed by atoms with Crippen LogP contribution in [0.5, 0.6) is 0 Å². The molecule has 1 atom stereocenters. The van der Waals surface area contributed by atoms with Crippen molar-refractivity contribution in [3.63, 3.8) is 0 Å². The third kappa shape index (κ3) is 2.77. The van der Waals surface area contributed by atoms with Crippen molar-refractivity contribution in [3.05, 3.63) is 28.3 Å². The lowest BCUT2D eigenvalue weighted by molar-refractivity contribution is -0.384. The van der Waals surface area contributed by atoms with Crippen molar-refractivity contribution in [1.29, 1.82) is 0 Å². The minimum atomic E-state index is -0.408. The number of rotatable bonds is 3. The Morgan fingerprint density at radius 3 is 3.00 bits per heavy atom. The SMILES string of the molecule is Cl.O=[N+]([O-])c1ccc2nc(NC3CCNC3)[nH]c2c1. The number of benzene rings is 1. The summed E-state index contributed by atoms with van der Waals surface area (Å²) in [7, 11) is 0. The lowest BCUT2D eigenvalue weighted by Crippen LogP contribution is -2.22. The summed E-state index contributed by atoms with van der Waals surface area (Å²) in [6.07, 6.45) is 1.05. The highest BCUT2D eigenvalue weighted by atomic mass is 35.5. The fourth-order valence-corrected chi connectivity index (χ4v) is 2.15. The number of aromatic amines is 1. The van der Waals surface area contributed by atoms with Crippen LogP contribution in [0, 0.1) is 10.1 Å². The molecule has 102 valence electrons. The first-order valence-corrected chi connectivity index (χ1v) is 5.84. The van der Waals surface area contributed by atoms with Gasteiger partial charge in [-0.1, -0.05) is 0 Å². The van der Waals surface area contributed by atoms with E-state index in [-0.39, 0.29) is 18.1 Å². The van der Waals surface area contributed by atoms with Crippen molar-refractivity contribution >= 4 is 35.1 Å². The molecule has 1 aromatic heterocycles. The van der Waals surface area contributed by atoms with E-state index in [2.05, 4.69) is 20.6 Å². The van der Waals surface area contributed by atoms with E-state index < -0.39 is 4.92 Å². The van der Waals surface area contributed by atoms with Crippen LogP contribution >= 0.6 is 12.4 Å². The molecule has 0 saturated carbocycles. The second-order valence-electron chi connectivity index (χ2n) is 4.38. The van der Waals surface area contributed by atoms with Crippen molar-refractivity contribution in [1.82, 2.24) is 15.3 Å². The van der Waals surface area contributed by atoms with Gasteiger partial charge in [0.05, 0.1) is 16.0 Å². The Morgan fingerprint density at radius 1 is 1.47 bits per heavy atom. The number of nitro benzene ring substituents is 1. The molecule has 1 saturated heterocycles. The molecule has 0 bridgehead atoms. The molecule has 2 heterocycles. The largest absolute Gasteiger partial charge is 0.352 e. The molecule has 3 rings (SSSR count). The van der Waals surface area contributed by atoms with Gasteiger partial charge >= 0.3 is 0 Å². The lowest BCUT2D eigenvalue weighted by atomic mass is 10.3. The molecule has 1 aliphatic rings. The topological polar surface area (TPSA) is 95.9 Å². The monoisotopic (exact) mass is 283 g/mol. The molecule has 1 aromatic carbocycles. The van der Waals surface area contributed by atoms with E-state index in [0.29, 0.717) is 17.5 Å². The van der Waals surface area contributed by atoms with Crippen LogP contribution in [0.1, 0.15) is 6.42 Å². The van der Waals surface area contributed by atoms with Crippen LogP contribution in [0.2, 0.25) is 0 Å². The smallest absolute Gasteiger partial charge is 0.271 e. The van der Waals surface area contributed by atoms with E-state index in [4.69, 9.17) is 0 Å². The lowest BCUT2D eigenvalue weighted by Gasteiger charge is -2.08. The normalized spacial score (nSPS) is 18.2. The summed E-state index contributed by atoms with van der Waals surface area (Å²) in [5.41, 5.74) is 1.48. The number of nitro groups is 1. The van der Waals surface area contributed by atoms with E-state index in [1.54, 1.807) is 6.07 Å². The number of non-ortho nitro benzene ring substituents is 1. The molecule has 0 aliphatic carbocycles. The van der Waals surface area contributed by atoms with Crippen molar-refractivity contribution in [3.8, 4) is 0 Å². The second kappa shape index (κ2) is 5.41. The summed E-state index contributed by atoms with van der Waals surface area (Å²) in [4.78, 5) is 17.7. The fraction of sp³-hybridized carbons (Fsp3) is 0.364. The molecule has 3 N–H and O–H groups in total. The van der Waals surface area contributed by atoms with Crippen LogP contribution in [0.25, 0.3) is 11.0 Å². The van der Waals surface area contributed by atoms with E-state index in [9.17, 15) is 10.1 Å². The molecule has 0 spiro atoms. The average Bonchev–Trinajstić information content (AvgIpc) is 2.96. The Kier molecular flexibility index (Phi) is 3.87. The molecule has 8 heteroatoms. The van der Waals surface area contributed by atoms with Crippen LogP contribution in [0.3, 0.4) is 0 Å². The van der Waals surface area contributed by atoms with E-state index in [1.165, 1.54) is 12.1 Å². The zero-order valence-electron chi connectivity index (χ0n) is 10.0. The summed E-state index contributed by atoms with van der Waals surface area (Å²) >= 11 is 0. The Morgan fingerprint density at radius 2 is 2.32 bits per heavy atom. The first-order valence-electron chi connectivity index (χ1n) is 5.84. The minimum absolute atomic E-state index is 0. The van der Waals surface area contributed by atoms with Crippen LogP contribution in [-0.4, -0.2) is 34.0 Å². The van der Waals surface area contributed by atoms with Crippen LogP contribution in [-0.2, 0) is 0 Å². The number of hydrogen-bond acceptors (Lipinski definition) is 5. The predicted molar refractivity (Wildman–Crippen MR) is 74.9 cm³/mol. The fourth-order valence-electron chi connectivity index (χ4n) is 2.15. The van der Waals surface area contributed by atoms with Crippen molar-refractivity contribution < 1.29 is 4.92 Å². The molecule has 7 nitrogen and oxygen atoms in total. The number of nitrogens with one attached hydrogen (secondary N) is 3. The molecule has 2 aromatic rings. The van der Waals surface area contributed by atoms with Gasteiger partial charge in [-0.25, -0.2) is 4.98 Å². The highest BCUT2D eigenvalue weighted by Crippen LogP contribution is 2.21. The van der Waals surface area contributed by atoms with E-state index in [0.717, 1.165) is 25.0 Å². The Hall–Kier alpha value is -1.86. The molecular weight excluding hydrogens is 270 g/mol. The predicted octanol–water partition coefficient (Wildman–Crippen LogP) is 1.67. The average molecular weight is 284 g/mol. The summed E-state index contributed by atoms with van der Waals surface area (Å²) in [6, 6.07) is 4.98. The maximum Gasteiger partial charge on any atom is 0.271 e. The van der Waals surface area contributed by atoms with Crippen molar-refractivity contribution in [2.45, 2.75) is 12.5 Å². The van der Waals surface area contributed by atoms with Gasteiger partial charge in [-0.2, -0.15) is 0 Å². The first kappa shape index (κ1) is 13.6. The number of nitrogens with zero attached hydrogens (tertiary/aromatic N) is 2. The summed E-state index contributed by atoms with van der Waals surface area (Å²) in [5.74, 6) is 0.666. The maximum atomic E-state index is 10.7. The van der Waals surface area contributed by atoms with Gasteiger partial charge in [0.25, 0.3) is 5.69 Å². The molecule has 1 aliphatic heterocycles. The van der Waals surface area contributed by atoms with E-state index in [1.807, 2.05) is 0 Å². The third-order valence-electron chi connectivity index (χ3n) is 3.08. The van der Waals surface area contributed by atoms with Gasteiger partial charge in [0, 0.05) is 24.7 Å². The number of fused-ring (bicyclic) bond motifs is 1. The molecule has 1 unspecified atom stereocenters. The van der Waals surface area contributed by atoms with Crippen LogP contribution in [0.15, 0.2) is 18.2 Å². The summed E-state index contributed by atoms with van der Waals surface area (Å²) in [5, 5.41) is 17.2. The zero-order chi connectivity index (χ0) is 12.5. The molecule has 0 radical (unpaired) electrons. The maximum absolute atomic E-state index is 10.7. The van der Waals surface area contributed by atoms with Crippen molar-refractivity contribution in [2.24, 2.45) is 0 Å². The number of imidazole rings is 1. The highest BCUT2D eigenvalue weighted by Gasteiger charge is 2.16. The third-order valence-corrected chi connectivity index (χ3v) is 3.08. The molecule has 19 heavy (non-hydrogen) atoms. The molecule has 0 amide bonds. The number of aromatic nitrogens is 2. The van der Waals surface area contributed by atoms with Crippen molar-refractivity contribution in [2.75, 3.05) is 18.4 Å². The molecular formula is C11H14ClN5O2. The van der Waals surface area contributed by atoms with Gasteiger partial charge in [0.15, 0.2) is 0 Å². The summed E-state index contributed by atoms with van der Waals surface area (Å²) < 4.78 is 0. The Balaban J connectivity index is 0.00000133. The van der Waals surface area contributed by atoms with Gasteiger partial charge in [0.1, 0.15) is 0 Å². The Labute approximate surface area is 115 Å². The zero-order valence-corrected chi connectivity index (χ0v) is 10.9.